The van der Waals surface area contributed by atoms with E-state index in [9.17, 15) is 0 Å². The zero-order valence-electron chi connectivity index (χ0n) is 6.95. The van der Waals surface area contributed by atoms with Crippen LogP contribution in [0.2, 0.25) is 0 Å². The molecular weight excluding hydrogens is 156 g/mol. The number of hydrogen-bond donors (Lipinski definition) is 1. The van der Waals surface area contributed by atoms with E-state index in [2.05, 4.69) is 18.2 Å². The molecule has 2 N–H and O–H groups in total. The quantitative estimate of drug-likeness (QED) is 0.749. The van der Waals surface area contributed by atoms with Crippen molar-refractivity contribution in [3.63, 3.8) is 0 Å². The minimum Gasteiger partial charge on any atom is -0.327 e. The number of nitrogens with zero attached hydrogens (tertiary/aromatic N) is 1. The molecule has 0 aliphatic carbocycles. The van der Waals surface area contributed by atoms with Crippen LogP contribution in [0, 0.1) is 5.92 Å². The highest BCUT2D eigenvalue weighted by Crippen LogP contribution is 2.10. The van der Waals surface area contributed by atoms with Crippen molar-refractivity contribution >= 4 is 11.5 Å². The van der Waals surface area contributed by atoms with Gasteiger partial charge in [0.2, 0.25) is 0 Å². The third-order valence-corrected chi connectivity index (χ3v) is 2.55. The van der Waals surface area contributed by atoms with Gasteiger partial charge in [0.25, 0.3) is 0 Å². The van der Waals surface area contributed by atoms with Gasteiger partial charge < -0.3 is 5.73 Å². The molecule has 0 radical (unpaired) electrons. The Kier molecular flexibility index (Phi) is 3.02. The van der Waals surface area contributed by atoms with Gasteiger partial charge in [0, 0.05) is 17.1 Å². The van der Waals surface area contributed by atoms with E-state index in [-0.39, 0.29) is 6.04 Å². The number of rotatable bonds is 3. The van der Waals surface area contributed by atoms with E-state index in [1.807, 2.05) is 12.3 Å². The van der Waals surface area contributed by atoms with Crippen LogP contribution in [0.1, 0.15) is 18.7 Å². The van der Waals surface area contributed by atoms with Crippen molar-refractivity contribution in [2.24, 2.45) is 11.7 Å². The van der Waals surface area contributed by atoms with Gasteiger partial charge in [-0.25, -0.2) is 4.37 Å². The average Bonchev–Trinajstić information content (AvgIpc) is 2.39. The first kappa shape index (κ1) is 8.68. The van der Waals surface area contributed by atoms with Crippen LogP contribution in [0.4, 0.5) is 0 Å². The Morgan fingerprint density at radius 3 is 2.82 bits per heavy atom. The molecule has 2 nitrogen and oxygen atoms in total. The monoisotopic (exact) mass is 170 g/mol. The zero-order chi connectivity index (χ0) is 8.27. The summed E-state index contributed by atoms with van der Waals surface area (Å²) in [5, 5.41) is 0. The molecule has 0 saturated carbocycles. The third kappa shape index (κ3) is 2.60. The van der Waals surface area contributed by atoms with Crippen molar-refractivity contribution in [3.8, 4) is 0 Å². The van der Waals surface area contributed by atoms with Gasteiger partial charge in [-0.3, -0.25) is 0 Å². The normalized spacial score (nSPS) is 13.8. The molecule has 0 aromatic carbocycles. The lowest BCUT2D eigenvalue weighted by atomic mass is 10.0. The average molecular weight is 170 g/mol. The number of nitrogens with two attached hydrogens (primary N) is 1. The van der Waals surface area contributed by atoms with Crippen LogP contribution in [-0.2, 0) is 6.42 Å². The molecule has 0 fully saturated rings. The molecule has 1 atom stereocenters. The lowest BCUT2D eigenvalue weighted by molar-refractivity contribution is 0.493. The highest BCUT2D eigenvalue weighted by molar-refractivity contribution is 7.05. The molecule has 1 heterocycles. The SMILES string of the molecule is CC(C)C(N)Cc1ccns1. The van der Waals surface area contributed by atoms with Gasteiger partial charge in [-0.05, 0) is 29.9 Å². The van der Waals surface area contributed by atoms with Crippen LogP contribution < -0.4 is 5.73 Å². The van der Waals surface area contributed by atoms with Crippen molar-refractivity contribution < 1.29 is 0 Å². The van der Waals surface area contributed by atoms with Gasteiger partial charge in [-0.15, -0.1) is 0 Å². The molecule has 62 valence electrons. The summed E-state index contributed by atoms with van der Waals surface area (Å²) in [5.41, 5.74) is 5.89. The minimum atomic E-state index is 0.274. The summed E-state index contributed by atoms with van der Waals surface area (Å²) in [5.74, 6) is 0.553. The molecule has 1 aromatic heterocycles. The topological polar surface area (TPSA) is 38.9 Å². The third-order valence-electron chi connectivity index (χ3n) is 1.78. The van der Waals surface area contributed by atoms with Crippen molar-refractivity contribution in [1.29, 1.82) is 0 Å². The van der Waals surface area contributed by atoms with E-state index >= 15 is 0 Å². The molecule has 1 rings (SSSR count). The molecule has 1 unspecified atom stereocenters. The number of aromatic nitrogens is 1. The molecule has 0 aliphatic rings. The smallest absolute Gasteiger partial charge is 0.0409 e. The summed E-state index contributed by atoms with van der Waals surface area (Å²) in [6, 6.07) is 2.31. The fourth-order valence-electron chi connectivity index (χ4n) is 0.815. The molecule has 3 heteroatoms. The predicted molar refractivity (Wildman–Crippen MR) is 48.6 cm³/mol. The van der Waals surface area contributed by atoms with Gasteiger partial charge >= 0.3 is 0 Å². The first-order valence-electron chi connectivity index (χ1n) is 3.85. The van der Waals surface area contributed by atoms with Crippen LogP contribution in [-0.4, -0.2) is 10.4 Å². The summed E-state index contributed by atoms with van der Waals surface area (Å²) in [7, 11) is 0. The Bertz CT molecular complexity index is 194. The number of hydrogen-bond acceptors (Lipinski definition) is 3. The molecular formula is C8H14N2S. The molecule has 0 amide bonds. The molecule has 1 aromatic rings. The van der Waals surface area contributed by atoms with E-state index in [1.165, 1.54) is 16.4 Å². The fourth-order valence-corrected chi connectivity index (χ4v) is 1.46. The van der Waals surface area contributed by atoms with Crippen LogP contribution >= 0.6 is 11.5 Å². The molecule has 11 heavy (non-hydrogen) atoms. The van der Waals surface area contributed by atoms with Gasteiger partial charge in [-0.2, -0.15) is 0 Å². The summed E-state index contributed by atoms with van der Waals surface area (Å²) in [6.07, 6.45) is 2.79. The first-order valence-corrected chi connectivity index (χ1v) is 4.62. The van der Waals surface area contributed by atoms with Crippen LogP contribution in [0.5, 0.6) is 0 Å². The summed E-state index contributed by atoms with van der Waals surface area (Å²) >= 11 is 1.54. The Morgan fingerprint density at radius 1 is 1.64 bits per heavy atom. The van der Waals surface area contributed by atoms with E-state index in [4.69, 9.17) is 5.73 Å². The molecule has 0 bridgehead atoms. The highest BCUT2D eigenvalue weighted by atomic mass is 32.1. The maximum absolute atomic E-state index is 5.89. The standard InChI is InChI=1S/C8H14N2S/c1-6(2)8(9)5-7-3-4-10-11-7/h3-4,6,8H,5,9H2,1-2H3. The van der Waals surface area contributed by atoms with Gasteiger partial charge in [-0.1, -0.05) is 13.8 Å². The summed E-state index contributed by atoms with van der Waals surface area (Å²) in [4.78, 5) is 1.28. The van der Waals surface area contributed by atoms with E-state index in [0.717, 1.165) is 6.42 Å². The fraction of sp³-hybridized carbons (Fsp3) is 0.625. The molecule has 0 saturated heterocycles. The van der Waals surface area contributed by atoms with Crippen LogP contribution in [0.15, 0.2) is 12.3 Å². The second-order valence-electron chi connectivity index (χ2n) is 3.09. The Labute approximate surface area is 71.6 Å². The largest absolute Gasteiger partial charge is 0.327 e. The maximum Gasteiger partial charge on any atom is 0.0409 e. The van der Waals surface area contributed by atoms with Crippen molar-refractivity contribution in [1.82, 2.24) is 4.37 Å². The zero-order valence-corrected chi connectivity index (χ0v) is 7.77. The molecule has 0 aliphatic heterocycles. The lowest BCUT2D eigenvalue weighted by Crippen LogP contribution is -2.28. The van der Waals surface area contributed by atoms with Crippen molar-refractivity contribution in [2.45, 2.75) is 26.3 Å². The van der Waals surface area contributed by atoms with Gasteiger partial charge in [0.1, 0.15) is 0 Å². The lowest BCUT2D eigenvalue weighted by Gasteiger charge is -2.13. The van der Waals surface area contributed by atoms with Crippen LogP contribution in [0.3, 0.4) is 0 Å². The second-order valence-corrected chi connectivity index (χ2v) is 4.01. The Balaban J connectivity index is 2.43. The summed E-state index contributed by atoms with van der Waals surface area (Å²) < 4.78 is 4.02. The van der Waals surface area contributed by atoms with Crippen LogP contribution in [0.25, 0.3) is 0 Å². The molecule has 0 spiro atoms. The van der Waals surface area contributed by atoms with E-state index < -0.39 is 0 Å². The predicted octanol–water partition coefficient (Wildman–Crippen LogP) is 1.67. The highest BCUT2D eigenvalue weighted by Gasteiger charge is 2.08. The van der Waals surface area contributed by atoms with E-state index in [1.54, 1.807) is 0 Å². The maximum atomic E-state index is 5.89. The minimum absolute atomic E-state index is 0.274. The van der Waals surface area contributed by atoms with E-state index in [0.29, 0.717) is 5.92 Å². The van der Waals surface area contributed by atoms with Crippen molar-refractivity contribution in [3.05, 3.63) is 17.1 Å². The van der Waals surface area contributed by atoms with Crippen molar-refractivity contribution in [2.75, 3.05) is 0 Å². The first-order chi connectivity index (χ1) is 5.20. The second kappa shape index (κ2) is 3.83. The van der Waals surface area contributed by atoms with Gasteiger partial charge in [0.05, 0.1) is 0 Å². The summed E-state index contributed by atoms with van der Waals surface area (Å²) in [6.45, 7) is 4.29. The van der Waals surface area contributed by atoms with Gasteiger partial charge in [0.15, 0.2) is 0 Å². The Hall–Kier alpha value is -0.410. The Morgan fingerprint density at radius 2 is 2.36 bits per heavy atom.